The Morgan fingerprint density at radius 1 is 1.09 bits per heavy atom. The number of hydrogen-bond donors (Lipinski definition) is 2. The third-order valence-corrected chi connectivity index (χ3v) is 10.6. The van der Waals surface area contributed by atoms with Crippen LogP contribution >= 0.6 is 0 Å². The van der Waals surface area contributed by atoms with Gasteiger partial charge in [0.05, 0.1) is 6.10 Å². The SMILES string of the molecule is C=C(C)C(=O)O.CC(C)CCC[C@@H](C)[C@H]1CC[C@H]2[C@@H]3CC=C4C[C@@H](O)CC[C@]4(C)[C@H]3CC[C@]12C. The van der Waals surface area contributed by atoms with E-state index in [0.29, 0.717) is 10.8 Å². The Labute approximate surface area is 209 Å². The molecule has 0 unspecified atom stereocenters. The van der Waals surface area contributed by atoms with E-state index in [1.165, 1.54) is 64.7 Å². The van der Waals surface area contributed by atoms with Crippen LogP contribution in [0.5, 0.6) is 0 Å². The number of rotatable bonds is 6. The molecule has 8 atom stereocenters. The molecule has 0 heterocycles. The van der Waals surface area contributed by atoms with E-state index in [1.54, 1.807) is 5.57 Å². The largest absolute Gasteiger partial charge is 0.478 e. The summed E-state index contributed by atoms with van der Waals surface area (Å²) in [6, 6.07) is 0. The summed E-state index contributed by atoms with van der Waals surface area (Å²) in [5.74, 6) is 4.52. The van der Waals surface area contributed by atoms with Crippen LogP contribution in [0.15, 0.2) is 23.8 Å². The summed E-state index contributed by atoms with van der Waals surface area (Å²) in [6.07, 6.45) is 17.2. The predicted octanol–water partition coefficient (Wildman–Crippen LogP) is 8.04. The van der Waals surface area contributed by atoms with E-state index in [1.807, 2.05) is 0 Å². The molecule has 3 saturated carbocycles. The number of hydrogen-bond acceptors (Lipinski definition) is 2. The molecule has 0 aliphatic heterocycles. The minimum absolute atomic E-state index is 0.0766. The Balaban J connectivity index is 0.000000481. The molecule has 4 rings (SSSR count). The summed E-state index contributed by atoms with van der Waals surface area (Å²) in [6.45, 7) is 17.2. The van der Waals surface area contributed by atoms with Crippen molar-refractivity contribution >= 4 is 5.97 Å². The smallest absolute Gasteiger partial charge is 0.330 e. The molecule has 3 nitrogen and oxygen atoms in total. The number of aliphatic hydroxyl groups excluding tert-OH is 1. The fraction of sp³-hybridized carbons (Fsp3) is 0.839. The molecule has 0 aromatic heterocycles. The van der Waals surface area contributed by atoms with Gasteiger partial charge in [-0.15, -0.1) is 0 Å². The van der Waals surface area contributed by atoms with Crippen molar-refractivity contribution in [2.75, 3.05) is 0 Å². The molecule has 3 heteroatoms. The molecule has 3 fully saturated rings. The highest BCUT2D eigenvalue weighted by Gasteiger charge is 2.59. The maximum absolute atomic E-state index is 10.2. The third-order valence-electron chi connectivity index (χ3n) is 10.6. The van der Waals surface area contributed by atoms with E-state index >= 15 is 0 Å². The van der Waals surface area contributed by atoms with Crippen LogP contribution < -0.4 is 0 Å². The maximum Gasteiger partial charge on any atom is 0.330 e. The Bertz CT molecular complexity index is 755. The molecule has 194 valence electrons. The van der Waals surface area contributed by atoms with Gasteiger partial charge in [0.2, 0.25) is 0 Å². The Kier molecular flexibility index (Phi) is 8.81. The van der Waals surface area contributed by atoms with Gasteiger partial charge in [0.15, 0.2) is 0 Å². The lowest BCUT2D eigenvalue weighted by Gasteiger charge is -2.58. The quantitative estimate of drug-likeness (QED) is 0.304. The highest BCUT2D eigenvalue weighted by Crippen LogP contribution is 2.67. The van der Waals surface area contributed by atoms with E-state index in [4.69, 9.17) is 5.11 Å². The van der Waals surface area contributed by atoms with E-state index in [9.17, 15) is 9.90 Å². The van der Waals surface area contributed by atoms with Crippen LogP contribution in [0.4, 0.5) is 0 Å². The fourth-order valence-electron chi connectivity index (χ4n) is 8.67. The van der Waals surface area contributed by atoms with Crippen LogP contribution in [0, 0.1) is 46.3 Å². The molecule has 4 aliphatic rings. The van der Waals surface area contributed by atoms with Gasteiger partial charge in [-0.2, -0.15) is 0 Å². The van der Waals surface area contributed by atoms with Crippen molar-refractivity contribution in [3.05, 3.63) is 23.8 Å². The second kappa shape index (κ2) is 10.9. The van der Waals surface area contributed by atoms with Crippen LogP contribution in [-0.4, -0.2) is 22.3 Å². The fourth-order valence-corrected chi connectivity index (χ4v) is 8.67. The first-order chi connectivity index (χ1) is 15.9. The van der Waals surface area contributed by atoms with Crippen LogP contribution in [0.25, 0.3) is 0 Å². The molecule has 0 bridgehead atoms. The maximum atomic E-state index is 10.2. The third kappa shape index (κ3) is 5.50. The molecular weight excluding hydrogens is 420 g/mol. The lowest BCUT2D eigenvalue weighted by Crippen LogP contribution is -2.50. The molecule has 34 heavy (non-hydrogen) atoms. The topological polar surface area (TPSA) is 57.5 Å². The number of allylic oxidation sites excluding steroid dienone is 1. The summed E-state index contributed by atoms with van der Waals surface area (Å²) in [4.78, 5) is 9.60. The van der Waals surface area contributed by atoms with Gasteiger partial charge < -0.3 is 10.2 Å². The van der Waals surface area contributed by atoms with E-state index in [-0.39, 0.29) is 11.7 Å². The highest BCUT2D eigenvalue weighted by molar-refractivity contribution is 5.84. The molecule has 0 saturated heterocycles. The summed E-state index contributed by atoms with van der Waals surface area (Å²) in [5, 5.41) is 18.1. The Morgan fingerprint density at radius 2 is 1.76 bits per heavy atom. The van der Waals surface area contributed by atoms with Crippen molar-refractivity contribution in [2.45, 2.75) is 118 Å². The van der Waals surface area contributed by atoms with E-state index in [0.717, 1.165) is 48.3 Å². The van der Waals surface area contributed by atoms with Crippen molar-refractivity contribution in [3.8, 4) is 0 Å². The zero-order valence-corrected chi connectivity index (χ0v) is 22.9. The molecule has 0 aromatic carbocycles. The molecule has 0 aromatic rings. The number of carboxylic acid groups (broad SMARTS) is 1. The van der Waals surface area contributed by atoms with Gasteiger partial charge in [-0.1, -0.05) is 72.1 Å². The van der Waals surface area contributed by atoms with Gasteiger partial charge in [0.1, 0.15) is 0 Å². The van der Waals surface area contributed by atoms with Gasteiger partial charge in [0.25, 0.3) is 0 Å². The van der Waals surface area contributed by atoms with Crippen LogP contribution in [0.3, 0.4) is 0 Å². The second-order valence-electron chi connectivity index (χ2n) is 13.3. The number of carbonyl (C=O) groups is 1. The first-order valence-electron chi connectivity index (χ1n) is 14.2. The van der Waals surface area contributed by atoms with Gasteiger partial charge >= 0.3 is 5.97 Å². The molecule has 0 amide bonds. The van der Waals surface area contributed by atoms with Crippen LogP contribution in [0.2, 0.25) is 0 Å². The van der Waals surface area contributed by atoms with Gasteiger partial charge in [0, 0.05) is 5.57 Å². The van der Waals surface area contributed by atoms with Crippen molar-refractivity contribution in [2.24, 2.45) is 46.3 Å². The Hall–Kier alpha value is -1.09. The minimum atomic E-state index is -0.935. The van der Waals surface area contributed by atoms with E-state index in [2.05, 4.69) is 47.3 Å². The minimum Gasteiger partial charge on any atom is -0.478 e. The first-order valence-corrected chi connectivity index (χ1v) is 14.2. The predicted molar refractivity (Wildman–Crippen MR) is 142 cm³/mol. The van der Waals surface area contributed by atoms with Gasteiger partial charge in [-0.3, -0.25) is 0 Å². The summed E-state index contributed by atoms with van der Waals surface area (Å²) in [7, 11) is 0. The van der Waals surface area contributed by atoms with Gasteiger partial charge in [-0.25, -0.2) is 4.79 Å². The average molecular weight is 473 g/mol. The van der Waals surface area contributed by atoms with Gasteiger partial charge in [-0.05, 0) is 105 Å². The van der Waals surface area contributed by atoms with Crippen molar-refractivity contribution in [3.63, 3.8) is 0 Å². The Morgan fingerprint density at radius 3 is 2.38 bits per heavy atom. The number of aliphatic carboxylic acids is 1. The summed E-state index contributed by atoms with van der Waals surface area (Å²) in [5.41, 5.74) is 2.78. The van der Waals surface area contributed by atoms with Crippen LogP contribution in [-0.2, 0) is 4.79 Å². The lowest BCUT2D eigenvalue weighted by atomic mass is 9.47. The standard InChI is InChI=1S/C27H46O.C4H6O2/c1-18(2)7-6-8-19(3)23-11-12-24-22-10-9-20-17-21(28)13-15-26(20,4)25(22)14-16-27(23,24)5;1-3(2)4(5)6/h9,18-19,21-25,28H,6-8,10-17H2,1-5H3;1H2,2H3,(H,5,6)/t19-,21+,22+,23-,24+,25+,26+,27-;/m1./s1. The second-order valence-corrected chi connectivity index (χ2v) is 13.3. The number of carboxylic acids is 1. The number of aliphatic hydroxyl groups is 1. The number of fused-ring (bicyclic) bond motifs is 5. The molecule has 0 radical (unpaired) electrons. The molecule has 2 N–H and O–H groups in total. The summed E-state index contributed by atoms with van der Waals surface area (Å²) < 4.78 is 0. The molecule has 4 aliphatic carbocycles. The van der Waals surface area contributed by atoms with Crippen molar-refractivity contribution in [1.29, 1.82) is 0 Å². The average Bonchev–Trinajstić information content (AvgIpc) is 3.11. The van der Waals surface area contributed by atoms with E-state index < -0.39 is 5.97 Å². The zero-order chi connectivity index (χ0) is 25.3. The lowest BCUT2D eigenvalue weighted by molar-refractivity contribution is -0.132. The van der Waals surface area contributed by atoms with Crippen molar-refractivity contribution in [1.82, 2.24) is 0 Å². The van der Waals surface area contributed by atoms with Crippen molar-refractivity contribution < 1.29 is 15.0 Å². The first kappa shape index (κ1) is 27.5. The normalized spacial score (nSPS) is 39.6. The molecule has 0 spiro atoms. The summed E-state index contributed by atoms with van der Waals surface area (Å²) >= 11 is 0. The molecular formula is C31H52O3. The monoisotopic (exact) mass is 472 g/mol. The highest BCUT2D eigenvalue weighted by atomic mass is 16.4. The zero-order valence-electron chi connectivity index (χ0n) is 22.9. The van der Waals surface area contributed by atoms with Crippen LogP contribution in [0.1, 0.15) is 112 Å².